The predicted octanol–water partition coefficient (Wildman–Crippen LogP) is 5.16. The molecule has 0 aromatic heterocycles. The number of hydrogen-bond acceptors (Lipinski definition) is 2. The molecule has 1 aromatic rings. The van der Waals surface area contributed by atoms with Crippen LogP contribution in [-0.2, 0) is 11.2 Å². The lowest BCUT2D eigenvalue weighted by Gasteiger charge is -2.17. The van der Waals surface area contributed by atoms with Gasteiger partial charge in [-0.15, -0.1) is 0 Å². The van der Waals surface area contributed by atoms with Gasteiger partial charge in [0.2, 0.25) is 0 Å². The second-order valence-corrected chi connectivity index (χ2v) is 6.56. The Hall–Kier alpha value is -1.02. The van der Waals surface area contributed by atoms with Gasteiger partial charge in [-0.25, -0.2) is 0 Å². The maximum atomic E-state index is 5.89. The van der Waals surface area contributed by atoms with Crippen molar-refractivity contribution in [1.82, 2.24) is 0 Å². The molecule has 0 radical (unpaired) electrons. The minimum absolute atomic E-state index is 0.251. The highest BCUT2D eigenvalue weighted by molar-refractivity contribution is 5.39. The highest BCUT2D eigenvalue weighted by atomic mass is 16.5. The summed E-state index contributed by atoms with van der Waals surface area (Å²) in [5.74, 6) is 2.43. The fourth-order valence-electron chi connectivity index (χ4n) is 3.21. The van der Waals surface area contributed by atoms with Gasteiger partial charge >= 0.3 is 0 Å². The molecule has 0 N–H and O–H groups in total. The molecule has 1 aliphatic heterocycles. The lowest BCUT2D eigenvalue weighted by Crippen LogP contribution is -2.05. The number of hydrogen-bond donors (Lipinski definition) is 0. The van der Waals surface area contributed by atoms with Crippen molar-refractivity contribution in [2.45, 2.75) is 59.5 Å². The molecule has 3 atom stereocenters. The number of benzene rings is 1. The van der Waals surface area contributed by atoms with Crippen LogP contribution in [0.5, 0.6) is 5.75 Å². The molecule has 2 rings (SSSR count). The standard InChI is InChI=1S/C19H30O2/c1-5-7-14(3)10-16-8-9-17(12-19(16)20-6-2)18-11-15(4)13-21-18/h8-9,12,14-15,18H,5-7,10-11,13H2,1-4H3. The van der Waals surface area contributed by atoms with E-state index >= 15 is 0 Å². The van der Waals surface area contributed by atoms with E-state index in [2.05, 4.69) is 45.9 Å². The summed E-state index contributed by atoms with van der Waals surface area (Å²) in [5.41, 5.74) is 2.61. The maximum absolute atomic E-state index is 5.89. The van der Waals surface area contributed by atoms with Crippen molar-refractivity contribution in [2.75, 3.05) is 13.2 Å². The zero-order chi connectivity index (χ0) is 15.2. The van der Waals surface area contributed by atoms with E-state index in [-0.39, 0.29) is 6.10 Å². The van der Waals surface area contributed by atoms with E-state index in [4.69, 9.17) is 9.47 Å². The smallest absolute Gasteiger partial charge is 0.122 e. The van der Waals surface area contributed by atoms with Crippen molar-refractivity contribution < 1.29 is 9.47 Å². The quantitative estimate of drug-likeness (QED) is 0.690. The molecule has 1 aliphatic rings. The Morgan fingerprint density at radius 1 is 1.33 bits per heavy atom. The summed E-state index contributed by atoms with van der Waals surface area (Å²) in [7, 11) is 0. The Labute approximate surface area is 129 Å². The molecule has 21 heavy (non-hydrogen) atoms. The maximum Gasteiger partial charge on any atom is 0.122 e. The van der Waals surface area contributed by atoms with E-state index in [0.29, 0.717) is 11.8 Å². The average molecular weight is 290 g/mol. The van der Waals surface area contributed by atoms with Gasteiger partial charge in [-0.1, -0.05) is 45.7 Å². The van der Waals surface area contributed by atoms with Crippen molar-refractivity contribution in [2.24, 2.45) is 11.8 Å². The molecule has 0 spiro atoms. The largest absolute Gasteiger partial charge is 0.494 e. The molecular weight excluding hydrogens is 260 g/mol. The summed E-state index contributed by atoms with van der Waals surface area (Å²) in [6.45, 7) is 10.5. The molecule has 0 aliphatic carbocycles. The van der Waals surface area contributed by atoms with Gasteiger partial charge in [0.1, 0.15) is 5.75 Å². The van der Waals surface area contributed by atoms with Crippen LogP contribution >= 0.6 is 0 Å². The lowest BCUT2D eigenvalue weighted by molar-refractivity contribution is 0.108. The van der Waals surface area contributed by atoms with Gasteiger partial charge in [0.15, 0.2) is 0 Å². The molecule has 2 nitrogen and oxygen atoms in total. The van der Waals surface area contributed by atoms with Crippen LogP contribution in [0.25, 0.3) is 0 Å². The topological polar surface area (TPSA) is 18.5 Å². The van der Waals surface area contributed by atoms with Crippen molar-refractivity contribution in [1.29, 1.82) is 0 Å². The predicted molar refractivity (Wildman–Crippen MR) is 87.9 cm³/mol. The molecule has 1 aromatic carbocycles. The highest BCUT2D eigenvalue weighted by Crippen LogP contribution is 2.35. The number of ether oxygens (including phenoxy) is 2. The molecule has 2 heteroatoms. The molecule has 0 saturated carbocycles. The van der Waals surface area contributed by atoms with Gasteiger partial charge in [0.05, 0.1) is 19.3 Å². The average Bonchev–Trinajstić information content (AvgIpc) is 2.88. The molecule has 1 fully saturated rings. The van der Waals surface area contributed by atoms with Crippen molar-refractivity contribution in [3.05, 3.63) is 29.3 Å². The molecule has 3 unspecified atom stereocenters. The van der Waals surface area contributed by atoms with Crippen LogP contribution in [-0.4, -0.2) is 13.2 Å². The first-order valence-electron chi connectivity index (χ1n) is 8.51. The summed E-state index contributed by atoms with van der Waals surface area (Å²) >= 11 is 0. The van der Waals surface area contributed by atoms with Gasteiger partial charge in [-0.2, -0.15) is 0 Å². The first-order valence-corrected chi connectivity index (χ1v) is 8.51. The Bertz CT molecular complexity index is 441. The second kappa shape index (κ2) is 7.84. The third-order valence-electron chi connectivity index (χ3n) is 4.31. The molecular formula is C19H30O2. The van der Waals surface area contributed by atoms with Gasteiger partial charge in [-0.3, -0.25) is 0 Å². The Balaban J connectivity index is 2.14. The second-order valence-electron chi connectivity index (χ2n) is 6.56. The van der Waals surface area contributed by atoms with Crippen LogP contribution in [0.3, 0.4) is 0 Å². The summed E-state index contributed by atoms with van der Waals surface area (Å²) < 4.78 is 11.8. The number of rotatable bonds is 7. The van der Waals surface area contributed by atoms with Gasteiger partial charge < -0.3 is 9.47 Å². The Morgan fingerprint density at radius 3 is 2.76 bits per heavy atom. The summed E-state index contributed by atoms with van der Waals surface area (Å²) in [6.07, 6.45) is 5.00. The van der Waals surface area contributed by atoms with E-state index in [9.17, 15) is 0 Å². The summed E-state index contributed by atoms with van der Waals surface area (Å²) in [6, 6.07) is 6.69. The van der Waals surface area contributed by atoms with E-state index in [1.807, 2.05) is 0 Å². The van der Waals surface area contributed by atoms with Crippen LogP contribution in [0.1, 0.15) is 64.2 Å². The van der Waals surface area contributed by atoms with Crippen LogP contribution < -0.4 is 4.74 Å². The SMILES string of the molecule is CCCC(C)Cc1ccc(C2CC(C)CO2)cc1OCC. The van der Waals surface area contributed by atoms with Gasteiger partial charge in [-0.05, 0) is 48.8 Å². The van der Waals surface area contributed by atoms with Crippen LogP contribution in [0, 0.1) is 11.8 Å². The fourth-order valence-corrected chi connectivity index (χ4v) is 3.21. The minimum Gasteiger partial charge on any atom is -0.494 e. The summed E-state index contributed by atoms with van der Waals surface area (Å²) in [5, 5.41) is 0. The summed E-state index contributed by atoms with van der Waals surface area (Å²) in [4.78, 5) is 0. The van der Waals surface area contributed by atoms with Crippen molar-refractivity contribution in [3.8, 4) is 5.75 Å². The molecule has 0 bridgehead atoms. The lowest BCUT2D eigenvalue weighted by atomic mass is 9.94. The minimum atomic E-state index is 0.251. The third-order valence-corrected chi connectivity index (χ3v) is 4.31. The van der Waals surface area contributed by atoms with Crippen molar-refractivity contribution in [3.63, 3.8) is 0 Å². The fraction of sp³-hybridized carbons (Fsp3) is 0.684. The Morgan fingerprint density at radius 2 is 2.14 bits per heavy atom. The normalized spacial score (nSPS) is 23.2. The monoisotopic (exact) mass is 290 g/mol. The molecule has 1 saturated heterocycles. The van der Waals surface area contributed by atoms with Gasteiger partial charge in [0, 0.05) is 0 Å². The van der Waals surface area contributed by atoms with Crippen LogP contribution in [0.2, 0.25) is 0 Å². The van der Waals surface area contributed by atoms with E-state index < -0.39 is 0 Å². The Kier molecular flexibility index (Phi) is 6.10. The third kappa shape index (κ3) is 4.47. The first kappa shape index (κ1) is 16.4. The molecule has 118 valence electrons. The van der Waals surface area contributed by atoms with Gasteiger partial charge in [0.25, 0.3) is 0 Å². The van der Waals surface area contributed by atoms with Crippen LogP contribution in [0.4, 0.5) is 0 Å². The van der Waals surface area contributed by atoms with Crippen LogP contribution in [0.15, 0.2) is 18.2 Å². The van der Waals surface area contributed by atoms with Crippen molar-refractivity contribution >= 4 is 0 Å². The van der Waals surface area contributed by atoms with E-state index in [1.54, 1.807) is 0 Å². The van der Waals surface area contributed by atoms with E-state index in [1.165, 1.54) is 24.0 Å². The molecule has 1 heterocycles. The highest BCUT2D eigenvalue weighted by Gasteiger charge is 2.24. The van der Waals surface area contributed by atoms with E-state index in [0.717, 1.165) is 31.8 Å². The first-order chi connectivity index (χ1) is 10.1. The zero-order valence-electron chi connectivity index (χ0n) is 14.0. The zero-order valence-corrected chi connectivity index (χ0v) is 14.0. The molecule has 0 amide bonds.